The molecule has 2 N–H and O–H groups in total. The van der Waals surface area contributed by atoms with E-state index in [1.165, 1.54) is 0 Å². The van der Waals surface area contributed by atoms with Crippen LogP contribution in [0.4, 0.5) is 5.69 Å². The lowest BCUT2D eigenvalue weighted by Crippen LogP contribution is -2.42. The Labute approximate surface area is 169 Å². The van der Waals surface area contributed by atoms with Crippen LogP contribution in [0, 0.1) is 6.92 Å². The molecule has 0 radical (unpaired) electrons. The van der Waals surface area contributed by atoms with E-state index in [2.05, 4.69) is 15.2 Å². The van der Waals surface area contributed by atoms with Gasteiger partial charge in [-0.3, -0.25) is 4.57 Å². The fraction of sp³-hybridized carbons (Fsp3) is 0.333. The number of H-pyrrole nitrogens is 1. The first kappa shape index (κ1) is 18.6. The number of nitrogens with one attached hydrogen (secondary N) is 2. The first-order chi connectivity index (χ1) is 13.6. The third-order valence-electron chi connectivity index (χ3n) is 5.34. The molecule has 4 rings (SSSR count). The van der Waals surface area contributed by atoms with Crippen molar-refractivity contribution >= 4 is 34.1 Å². The van der Waals surface area contributed by atoms with Gasteiger partial charge in [0, 0.05) is 19.1 Å². The average Bonchev–Trinajstić information content (AvgIpc) is 3.04. The van der Waals surface area contributed by atoms with Gasteiger partial charge >= 0.3 is 5.69 Å². The van der Waals surface area contributed by atoms with Crippen LogP contribution < -0.4 is 15.7 Å². The van der Waals surface area contributed by atoms with Gasteiger partial charge in [-0.05, 0) is 61.8 Å². The number of ether oxygens (including phenoxy) is 1. The molecule has 0 amide bonds. The van der Waals surface area contributed by atoms with Crippen molar-refractivity contribution in [2.24, 2.45) is 0 Å². The van der Waals surface area contributed by atoms with Gasteiger partial charge in [-0.15, -0.1) is 0 Å². The summed E-state index contributed by atoms with van der Waals surface area (Å²) in [7, 11) is 1.66. The summed E-state index contributed by atoms with van der Waals surface area (Å²) in [4.78, 5) is 17.5. The van der Waals surface area contributed by atoms with Gasteiger partial charge < -0.3 is 19.9 Å². The molecule has 7 heteroatoms. The number of likely N-dealkylation sites (tertiary alicyclic amines) is 1. The van der Waals surface area contributed by atoms with Gasteiger partial charge in [-0.25, -0.2) is 4.79 Å². The molecule has 146 valence electrons. The monoisotopic (exact) mass is 396 g/mol. The molecule has 2 aromatic carbocycles. The van der Waals surface area contributed by atoms with Crippen LogP contribution in [0.5, 0.6) is 5.75 Å². The largest absolute Gasteiger partial charge is 0.495 e. The van der Waals surface area contributed by atoms with E-state index >= 15 is 0 Å². The van der Waals surface area contributed by atoms with Crippen molar-refractivity contribution in [1.82, 2.24) is 14.5 Å². The predicted molar refractivity (Wildman–Crippen MR) is 116 cm³/mol. The summed E-state index contributed by atoms with van der Waals surface area (Å²) in [6.07, 6.45) is 1.74. The second-order valence-electron chi connectivity index (χ2n) is 7.17. The van der Waals surface area contributed by atoms with Gasteiger partial charge in [-0.1, -0.05) is 18.2 Å². The molecule has 1 saturated heterocycles. The fourth-order valence-corrected chi connectivity index (χ4v) is 4.17. The van der Waals surface area contributed by atoms with Crippen LogP contribution in [-0.2, 0) is 0 Å². The van der Waals surface area contributed by atoms with E-state index < -0.39 is 0 Å². The van der Waals surface area contributed by atoms with E-state index in [1.54, 1.807) is 7.11 Å². The highest BCUT2D eigenvalue weighted by molar-refractivity contribution is 7.80. The number of hydrogen-bond donors (Lipinski definition) is 2. The molecule has 2 heterocycles. The molecular weight excluding hydrogens is 372 g/mol. The van der Waals surface area contributed by atoms with E-state index in [-0.39, 0.29) is 11.7 Å². The van der Waals surface area contributed by atoms with Crippen LogP contribution in [0.3, 0.4) is 0 Å². The maximum atomic E-state index is 12.4. The third-order valence-corrected chi connectivity index (χ3v) is 5.70. The molecule has 0 atom stereocenters. The van der Waals surface area contributed by atoms with Crippen molar-refractivity contribution in [3.05, 3.63) is 58.5 Å². The normalized spacial score (nSPS) is 15.0. The number of nitrogens with zero attached hydrogens (tertiary/aromatic N) is 2. The zero-order valence-corrected chi connectivity index (χ0v) is 16.9. The third kappa shape index (κ3) is 3.49. The van der Waals surface area contributed by atoms with Gasteiger partial charge in [-0.2, -0.15) is 0 Å². The van der Waals surface area contributed by atoms with Crippen molar-refractivity contribution in [3.63, 3.8) is 0 Å². The summed E-state index contributed by atoms with van der Waals surface area (Å²) in [5.74, 6) is 0.771. The van der Waals surface area contributed by atoms with Crippen LogP contribution in [0.1, 0.15) is 24.4 Å². The number of hydrogen-bond acceptors (Lipinski definition) is 3. The van der Waals surface area contributed by atoms with Crippen LogP contribution in [-0.4, -0.2) is 39.8 Å². The number of methoxy groups -OCH3 is 1. The summed E-state index contributed by atoms with van der Waals surface area (Å²) in [5.41, 5.74) is 3.84. The Morgan fingerprint density at radius 3 is 2.71 bits per heavy atom. The Kier molecular flexibility index (Phi) is 5.09. The van der Waals surface area contributed by atoms with Crippen LogP contribution >= 0.6 is 12.2 Å². The van der Waals surface area contributed by atoms with Gasteiger partial charge in [0.2, 0.25) is 0 Å². The first-order valence-corrected chi connectivity index (χ1v) is 9.87. The number of benzene rings is 2. The summed E-state index contributed by atoms with van der Waals surface area (Å²) in [6, 6.07) is 14.0. The van der Waals surface area contributed by atoms with E-state index in [1.807, 2.05) is 54.0 Å². The van der Waals surface area contributed by atoms with Crippen molar-refractivity contribution in [1.29, 1.82) is 0 Å². The Balaban J connectivity index is 1.45. The summed E-state index contributed by atoms with van der Waals surface area (Å²) in [5, 5.41) is 4.01. The summed E-state index contributed by atoms with van der Waals surface area (Å²) in [6.45, 7) is 3.64. The smallest absolute Gasteiger partial charge is 0.326 e. The van der Waals surface area contributed by atoms with E-state index in [4.69, 9.17) is 17.0 Å². The SMILES string of the molecule is COc1ccc(C)cc1NC(=S)N1CCC(n2c(=O)[nH]c3ccccc32)CC1. The van der Waals surface area contributed by atoms with Gasteiger partial charge in [0.15, 0.2) is 5.11 Å². The predicted octanol–water partition coefficient (Wildman–Crippen LogP) is 3.68. The number of thiocarbonyl (C=S) groups is 1. The first-order valence-electron chi connectivity index (χ1n) is 9.46. The van der Waals surface area contributed by atoms with E-state index in [0.717, 1.165) is 54.0 Å². The molecular formula is C21H24N4O2S. The molecule has 28 heavy (non-hydrogen) atoms. The zero-order chi connectivity index (χ0) is 19.7. The van der Waals surface area contributed by atoms with E-state index in [9.17, 15) is 4.79 Å². The second-order valence-corrected chi connectivity index (χ2v) is 7.56. The Morgan fingerprint density at radius 2 is 1.96 bits per heavy atom. The molecule has 3 aromatic rings. The minimum atomic E-state index is -0.0372. The highest BCUT2D eigenvalue weighted by atomic mass is 32.1. The number of fused-ring (bicyclic) bond motifs is 1. The molecule has 0 unspecified atom stereocenters. The molecule has 1 aromatic heterocycles. The molecule has 0 saturated carbocycles. The number of para-hydroxylation sites is 2. The minimum Gasteiger partial charge on any atom is -0.495 e. The van der Waals surface area contributed by atoms with Crippen molar-refractivity contribution in [3.8, 4) is 5.75 Å². The lowest BCUT2D eigenvalue weighted by Gasteiger charge is -2.34. The maximum Gasteiger partial charge on any atom is 0.326 e. The highest BCUT2D eigenvalue weighted by Gasteiger charge is 2.25. The second kappa shape index (κ2) is 7.67. The zero-order valence-electron chi connectivity index (χ0n) is 16.1. The van der Waals surface area contributed by atoms with Crippen LogP contribution in [0.25, 0.3) is 11.0 Å². The Morgan fingerprint density at radius 1 is 1.21 bits per heavy atom. The fourth-order valence-electron chi connectivity index (χ4n) is 3.88. The van der Waals surface area contributed by atoms with Gasteiger partial charge in [0.1, 0.15) is 5.75 Å². The standard InChI is InChI=1S/C21H24N4O2S/c1-14-7-8-19(27-2)17(13-14)23-21(28)24-11-9-15(10-12-24)25-18-6-4-3-5-16(18)22-20(25)26/h3-8,13,15H,9-12H2,1-2H3,(H,22,26)(H,23,28). The number of aromatic nitrogens is 2. The molecule has 1 fully saturated rings. The minimum absolute atomic E-state index is 0.0372. The van der Waals surface area contributed by atoms with Crippen molar-refractivity contribution in [2.45, 2.75) is 25.8 Å². The van der Waals surface area contributed by atoms with Gasteiger partial charge in [0.05, 0.1) is 23.8 Å². The molecule has 0 aliphatic carbocycles. The van der Waals surface area contributed by atoms with E-state index in [0.29, 0.717) is 5.11 Å². The summed E-state index contributed by atoms with van der Waals surface area (Å²) >= 11 is 5.63. The van der Waals surface area contributed by atoms with Crippen LogP contribution in [0.15, 0.2) is 47.3 Å². The number of aromatic amines is 1. The van der Waals surface area contributed by atoms with Crippen LogP contribution in [0.2, 0.25) is 0 Å². The number of anilines is 1. The number of aryl methyl sites for hydroxylation is 1. The molecule has 6 nitrogen and oxygen atoms in total. The summed E-state index contributed by atoms with van der Waals surface area (Å²) < 4.78 is 7.32. The van der Waals surface area contributed by atoms with Gasteiger partial charge in [0.25, 0.3) is 0 Å². The van der Waals surface area contributed by atoms with Crippen molar-refractivity contribution < 1.29 is 4.74 Å². The lowest BCUT2D eigenvalue weighted by molar-refractivity contribution is 0.269. The molecule has 1 aliphatic heterocycles. The molecule has 0 bridgehead atoms. The van der Waals surface area contributed by atoms with Crippen molar-refractivity contribution in [2.75, 3.05) is 25.5 Å². The number of piperidine rings is 1. The molecule has 1 aliphatic rings. The highest BCUT2D eigenvalue weighted by Crippen LogP contribution is 2.28. The number of rotatable bonds is 3. The maximum absolute atomic E-state index is 12.4. The Hall–Kier alpha value is -2.80. The Bertz CT molecular complexity index is 1060. The lowest BCUT2D eigenvalue weighted by atomic mass is 10.0. The molecule has 0 spiro atoms. The topological polar surface area (TPSA) is 62.3 Å². The average molecular weight is 397 g/mol. The quantitative estimate of drug-likeness (QED) is 0.662. The number of imidazole rings is 1.